The molecule has 0 saturated heterocycles. The van der Waals surface area contributed by atoms with Crippen LogP contribution < -0.4 is 4.72 Å². The summed E-state index contributed by atoms with van der Waals surface area (Å²) in [7, 11) is -7.84. The van der Waals surface area contributed by atoms with Gasteiger partial charge in [-0.05, 0) is 20.3 Å². The maximum absolute atomic E-state index is 14.1. The molecule has 54 heavy (non-hydrogen) atoms. The summed E-state index contributed by atoms with van der Waals surface area (Å²) in [6.07, 6.45) is -8.39. The van der Waals surface area contributed by atoms with Gasteiger partial charge in [0.15, 0.2) is 0 Å². The lowest BCUT2D eigenvalue weighted by Gasteiger charge is -2.46. The molecule has 0 aromatic rings. The Morgan fingerprint density at radius 3 is 0.944 bits per heavy atom. The van der Waals surface area contributed by atoms with E-state index in [0.29, 0.717) is 0 Å². The Morgan fingerprint density at radius 2 is 0.704 bits per heavy atom. The lowest BCUT2D eigenvalue weighted by Crippen LogP contribution is -2.79. The van der Waals surface area contributed by atoms with E-state index in [9.17, 15) is 132 Å². The van der Waals surface area contributed by atoms with Gasteiger partial charge in [0.05, 0.1) is 5.41 Å². The van der Waals surface area contributed by atoms with Crippen LogP contribution in [0.4, 0.5) is 119 Å². The fraction of sp³-hybridized carbons (Fsp3) is 0.952. The molecule has 0 heterocycles. The van der Waals surface area contributed by atoms with Crippen LogP contribution in [0.3, 0.4) is 0 Å². The number of hydrogen-bond donors (Lipinski definition) is 1. The van der Waals surface area contributed by atoms with E-state index in [-0.39, 0.29) is 11.1 Å². The molecule has 0 unspecified atom stereocenters. The highest BCUT2D eigenvalue weighted by molar-refractivity contribution is 7.90. The molecule has 0 aliphatic rings. The van der Waals surface area contributed by atoms with Crippen LogP contribution in [-0.4, -0.2) is 104 Å². The van der Waals surface area contributed by atoms with E-state index < -0.39 is 111 Å². The standard InChI is InChI=1S/C21H16F27NO4S/c1-4-8(2,3)7(50)53-6-5-49-54(51,52)21(47,48)19(42,43)17(38,39)15(34,35)13(30,31)11(26,27)9(22,23)10(24,25)12(28,29)14(32,33)16(36,37)18(40,41)20(44,45)46/h49H,4-6H2,1-3H3. The number of nitrogens with one attached hydrogen (secondary N) is 1. The van der Waals surface area contributed by atoms with Crippen LogP contribution >= 0.6 is 0 Å². The van der Waals surface area contributed by atoms with Crippen molar-refractivity contribution in [3.05, 3.63) is 0 Å². The van der Waals surface area contributed by atoms with Crippen LogP contribution in [0.1, 0.15) is 27.2 Å². The number of alkyl halides is 27. The van der Waals surface area contributed by atoms with E-state index in [2.05, 4.69) is 4.74 Å². The Morgan fingerprint density at radius 1 is 0.463 bits per heavy atom. The fourth-order valence-corrected chi connectivity index (χ4v) is 4.05. The average Bonchev–Trinajstić information content (AvgIpc) is 2.97. The first-order valence-corrected chi connectivity index (χ1v) is 14.2. The lowest BCUT2D eigenvalue weighted by molar-refractivity contribution is -0.483. The van der Waals surface area contributed by atoms with Crippen molar-refractivity contribution >= 4 is 16.0 Å². The molecule has 0 aromatic heterocycles. The monoisotopic (exact) mass is 891 g/mol. The molecule has 0 fully saturated rings. The summed E-state index contributed by atoms with van der Waals surface area (Å²) in [6, 6.07) is 0. The smallest absolute Gasteiger partial charge is 0.460 e. The zero-order valence-corrected chi connectivity index (χ0v) is 26.2. The average molecular weight is 891 g/mol. The molecule has 5 nitrogen and oxygen atoms in total. The van der Waals surface area contributed by atoms with E-state index in [1.807, 2.05) is 0 Å². The molecule has 0 radical (unpaired) electrons. The van der Waals surface area contributed by atoms with Gasteiger partial charge in [0.25, 0.3) is 10.0 Å². The van der Waals surface area contributed by atoms with Crippen LogP contribution in [0.2, 0.25) is 0 Å². The third-order valence-electron chi connectivity index (χ3n) is 7.07. The third-order valence-corrected chi connectivity index (χ3v) is 8.58. The molecule has 0 rings (SSSR count). The highest BCUT2D eigenvalue weighted by Crippen LogP contribution is 2.68. The van der Waals surface area contributed by atoms with Crippen LogP contribution in [-0.2, 0) is 19.6 Å². The molecular weight excluding hydrogens is 875 g/mol. The number of carbonyl (C=O) groups excluding carboxylic acids is 1. The first kappa shape index (κ1) is 51.5. The van der Waals surface area contributed by atoms with E-state index in [1.54, 1.807) is 0 Å². The van der Waals surface area contributed by atoms with E-state index in [1.165, 1.54) is 6.92 Å². The van der Waals surface area contributed by atoms with Gasteiger partial charge in [-0.2, -0.15) is 119 Å². The number of rotatable bonds is 18. The highest BCUT2D eigenvalue weighted by atomic mass is 32.2. The second-order valence-electron chi connectivity index (χ2n) is 11.1. The Balaban J connectivity index is 7.20. The van der Waals surface area contributed by atoms with Gasteiger partial charge in [0, 0.05) is 6.54 Å². The summed E-state index contributed by atoms with van der Waals surface area (Å²) in [4.78, 5) is 11.7. The third kappa shape index (κ3) is 6.73. The van der Waals surface area contributed by atoms with Crippen molar-refractivity contribution in [1.29, 1.82) is 0 Å². The van der Waals surface area contributed by atoms with E-state index in [0.717, 1.165) is 13.8 Å². The lowest BCUT2D eigenvalue weighted by atomic mass is 9.84. The largest absolute Gasteiger partial charge is 0.464 e. The van der Waals surface area contributed by atoms with E-state index in [4.69, 9.17) is 0 Å². The molecule has 0 aliphatic carbocycles. The summed E-state index contributed by atoms with van der Waals surface area (Å²) < 4.78 is 394. The number of esters is 1. The van der Waals surface area contributed by atoms with Crippen molar-refractivity contribution in [3.8, 4) is 0 Å². The molecule has 0 amide bonds. The van der Waals surface area contributed by atoms with Gasteiger partial charge in [-0.3, -0.25) is 4.79 Å². The molecular formula is C21H16F27NO4S. The number of hydrogen-bond acceptors (Lipinski definition) is 4. The first-order chi connectivity index (χ1) is 22.9. The van der Waals surface area contributed by atoms with Crippen molar-refractivity contribution in [2.24, 2.45) is 5.41 Å². The van der Waals surface area contributed by atoms with E-state index >= 15 is 0 Å². The van der Waals surface area contributed by atoms with Gasteiger partial charge < -0.3 is 4.74 Å². The number of halogens is 27. The van der Waals surface area contributed by atoms with Gasteiger partial charge in [0.1, 0.15) is 6.61 Å². The molecule has 1 N–H and O–H groups in total. The zero-order chi connectivity index (χ0) is 44.6. The van der Waals surface area contributed by atoms with Crippen LogP contribution in [0, 0.1) is 5.41 Å². The second-order valence-corrected chi connectivity index (χ2v) is 12.9. The fourth-order valence-electron chi connectivity index (χ4n) is 3.05. The summed E-state index contributed by atoms with van der Waals surface area (Å²) in [6.45, 7) is 0.00441. The molecule has 0 aromatic carbocycles. The van der Waals surface area contributed by atoms with Crippen molar-refractivity contribution < 1.29 is 136 Å². The minimum atomic E-state index is -9.94. The van der Waals surface area contributed by atoms with Crippen molar-refractivity contribution in [2.45, 2.75) is 104 Å². The van der Waals surface area contributed by atoms with Crippen molar-refractivity contribution in [1.82, 2.24) is 4.72 Å². The molecule has 0 bridgehead atoms. The molecule has 33 heteroatoms. The predicted octanol–water partition coefficient (Wildman–Crippen LogP) is 9.03. The zero-order valence-electron chi connectivity index (χ0n) is 25.4. The number of carbonyl (C=O) groups is 1. The quantitative estimate of drug-likeness (QED) is 0.0848. The molecule has 0 spiro atoms. The Hall–Kier alpha value is -2.51. The Kier molecular flexibility index (Phi) is 12.9. The Labute approximate surface area is 280 Å². The van der Waals surface area contributed by atoms with Gasteiger partial charge >= 0.3 is 82.5 Å². The summed E-state index contributed by atoms with van der Waals surface area (Å²) in [5.41, 5.74) is -1.47. The van der Waals surface area contributed by atoms with Gasteiger partial charge in [-0.1, -0.05) is 6.92 Å². The maximum Gasteiger partial charge on any atom is 0.460 e. The molecule has 324 valence electrons. The van der Waals surface area contributed by atoms with Crippen LogP contribution in [0.5, 0.6) is 0 Å². The first-order valence-electron chi connectivity index (χ1n) is 12.7. The summed E-state index contributed by atoms with van der Waals surface area (Å²) >= 11 is 0. The number of sulfonamides is 1. The predicted molar refractivity (Wildman–Crippen MR) is 117 cm³/mol. The van der Waals surface area contributed by atoms with Gasteiger partial charge in [-0.25, -0.2) is 13.1 Å². The molecule has 0 saturated carbocycles. The van der Waals surface area contributed by atoms with Crippen LogP contribution in [0.25, 0.3) is 0 Å². The molecule has 0 atom stereocenters. The summed E-state index contributed by atoms with van der Waals surface area (Å²) in [5, 5.41) is -8.11. The second kappa shape index (κ2) is 13.6. The van der Waals surface area contributed by atoms with Crippen molar-refractivity contribution in [3.63, 3.8) is 0 Å². The minimum Gasteiger partial charge on any atom is -0.464 e. The van der Waals surface area contributed by atoms with Gasteiger partial charge in [-0.15, -0.1) is 0 Å². The normalized spacial score (nSPS) is 16.5. The van der Waals surface area contributed by atoms with Crippen LogP contribution in [0.15, 0.2) is 0 Å². The topological polar surface area (TPSA) is 72.5 Å². The number of ether oxygens (including phenoxy) is 1. The highest BCUT2D eigenvalue weighted by Gasteiger charge is 3.00. The van der Waals surface area contributed by atoms with Gasteiger partial charge in [0.2, 0.25) is 0 Å². The minimum absolute atomic E-state index is 0.0931. The maximum atomic E-state index is 14.1. The van der Waals surface area contributed by atoms with Crippen molar-refractivity contribution in [2.75, 3.05) is 13.2 Å². The summed E-state index contributed by atoms with van der Waals surface area (Å²) in [5.74, 6) is -106. The Bertz CT molecular complexity index is 1480. The molecule has 0 aliphatic heterocycles. The SMILES string of the molecule is CCC(C)(C)C(=O)OCCNS(=O)(=O)C(F)(F)C(F)(F)C(F)(F)C(F)(F)C(F)(F)C(F)(F)C(F)(F)C(F)(F)C(F)(F)C(F)(F)C(F)(F)C(F)(F)C(F)(F)F.